The van der Waals surface area contributed by atoms with Gasteiger partial charge < -0.3 is 48.1 Å². The molecule has 10 heteroatoms. The molecule has 304 valence electrons. The Morgan fingerprint density at radius 1 is 0.220 bits per heavy atom. The van der Waals surface area contributed by atoms with Crippen molar-refractivity contribution in [3.8, 4) is 0 Å². The van der Waals surface area contributed by atoms with E-state index in [1.807, 2.05) is 0 Å². The maximum Gasteiger partial charge on any atom is 0.0701 e. The minimum atomic E-state index is 0.0312. The van der Waals surface area contributed by atoms with Crippen LogP contribution in [0, 0.1) is 0 Å². The van der Waals surface area contributed by atoms with Gasteiger partial charge >= 0.3 is 0 Å². The standard InChI is InChI=1S/C24H50O.C16H34O9/c1-3-5-7-9-11-13-15-17-19-21-23-25-24-22-20-18-16-14-12-10-8-6-4-2;17-1-3-19-5-7-21-9-11-23-13-15-25-16-14-24-12-10-22-8-6-20-4-2-18/h3-24H2,1-2H3;17-18H,1-16H2. The zero-order valence-electron chi connectivity index (χ0n) is 33.0. The predicted molar refractivity (Wildman–Crippen MR) is 204 cm³/mol. The summed E-state index contributed by atoms with van der Waals surface area (Å²) in [7, 11) is 0. The Bertz CT molecular complexity index is 454. The van der Waals surface area contributed by atoms with E-state index in [4.69, 9.17) is 48.1 Å². The number of unbranched alkanes of at least 4 members (excludes halogenated alkanes) is 18. The molecule has 0 aromatic heterocycles. The fourth-order valence-electron chi connectivity index (χ4n) is 5.04. The lowest BCUT2D eigenvalue weighted by atomic mass is 10.1. The van der Waals surface area contributed by atoms with Crippen LogP contribution in [0.3, 0.4) is 0 Å². The average Bonchev–Trinajstić information content (AvgIpc) is 3.13. The third-order valence-corrected chi connectivity index (χ3v) is 7.99. The highest BCUT2D eigenvalue weighted by molar-refractivity contribution is 4.49. The maximum atomic E-state index is 8.50. The first kappa shape index (κ1) is 51.7. The van der Waals surface area contributed by atoms with Crippen LogP contribution in [-0.4, -0.2) is 129 Å². The molecule has 0 aliphatic heterocycles. The molecule has 10 nitrogen and oxygen atoms in total. The fraction of sp³-hybridized carbons (Fsp3) is 1.00. The number of hydrogen-bond acceptors (Lipinski definition) is 10. The van der Waals surface area contributed by atoms with Gasteiger partial charge in [-0.3, -0.25) is 0 Å². The lowest BCUT2D eigenvalue weighted by Gasteiger charge is -2.08. The van der Waals surface area contributed by atoms with Crippen LogP contribution in [0.5, 0.6) is 0 Å². The highest BCUT2D eigenvalue weighted by Crippen LogP contribution is 2.12. The Kier molecular flexibility index (Phi) is 54.8. The van der Waals surface area contributed by atoms with E-state index in [-0.39, 0.29) is 13.2 Å². The van der Waals surface area contributed by atoms with Crippen LogP contribution in [0.4, 0.5) is 0 Å². The monoisotopic (exact) mass is 725 g/mol. The first-order valence-corrected chi connectivity index (χ1v) is 20.7. The summed E-state index contributed by atoms with van der Waals surface area (Å²) in [4.78, 5) is 0. The van der Waals surface area contributed by atoms with Gasteiger partial charge in [0, 0.05) is 13.2 Å². The zero-order valence-corrected chi connectivity index (χ0v) is 33.0. The normalized spacial score (nSPS) is 11.3. The van der Waals surface area contributed by atoms with Crippen molar-refractivity contribution in [2.75, 3.05) is 119 Å². The Labute approximate surface area is 308 Å². The van der Waals surface area contributed by atoms with Gasteiger partial charge in [-0.15, -0.1) is 0 Å². The topological polar surface area (TPSA) is 114 Å². The van der Waals surface area contributed by atoms with Crippen LogP contribution < -0.4 is 0 Å². The van der Waals surface area contributed by atoms with E-state index in [1.165, 1.54) is 128 Å². The van der Waals surface area contributed by atoms with E-state index >= 15 is 0 Å². The molecular weight excluding hydrogens is 640 g/mol. The van der Waals surface area contributed by atoms with Crippen LogP contribution in [0.15, 0.2) is 0 Å². The zero-order chi connectivity index (χ0) is 36.5. The lowest BCUT2D eigenvalue weighted by molar-refractivity contribution is -0.0223. The van der Waals surface area contributed by atoms with Gasteiger partial charge in [-0.25, -0.2) is 0 Å². The van der Waals surface area contributed by atoms with Crippen LogP contribution in [0.2, 0.25) is 0 Å². The summed E-state index contributed by atoms with van der Waals surface area (Å²) in [6.45, 7) is 13.4. The smallest absolute Gasteiger partial charge is 0.0701 e. The highest BCUT2D eigenvalue weighted by atomic mass is 16.6. The Hall–Kier alpha value is -0.400. The van der Waals surface area contributed by atoms with Crippen LogP contribution in [0.1, 0.15) is 142 Å². The van der Waals surface area contributed by atoms with Gasteiger partial charge in [-0.1, -0.05) is 129 Å². The molecule has 0 bridgehead atoms. The molecule has 0 saturated heterocycles. The van der Waals surface area contributed by atoms with Gasteiger partial charge in [-0.2, -0.15) is 0 Å². The quantitative estimate of drug-likeness (QED) is 0.0601. The van der Waals surface area contributed by atoms with E-state index < -0.39 is 0 Å². The molecule has 0 unspecified atom stereocenters. The fourth-order valence-corrected chi connectivity index (χ4v) is 5.04. The lowest BCUT2D eigenvalue weighted by Crippen LogP contribution is -2.14. The van der Waals surface area contributed by atoms with E-state index in [1.54, 1.807) is 0 Å². The molecule has 0 radical (unpaired) electrons. The second-order valence-electron chi connectivity index (χ2n) is 12.7. The Morgan fingerprint density at radius 2 is 0.400 bits per heavy atom. The van der Waals surface area contributed by atoms with Crippen LogP contribution in [0.25, 0.3) is 0 Å². The molecule has 0 atom stereocenters. The summed E-state index contributed by atoms with van der Waals surface area (Å²) in [5, 5.41) is 17.0. The average molecular weight is 725 g/mol. The molecule has 0 aliphatic carbocycles. The third kappa shape index (κ3) is 54.4. The van der Waals surface area contributed by atoms with Crippen molar-refractivity contribution in [3.63, 3.8) is 0 Å². The summed E-state index contributed by atoms with van der Waals surface area (Å²) in [5.74, 6) is 0. The van der Waals surface area contributed by atoms with Gasteiger partial charge in [0.25, 0.3) is 0 Å². The molecule has 0 aromatic carbocycles. The van der Waals surface area contributed by atoms with Crippen molar-refractivity contribution in [3.05, 3.63) is 0 Å². The molecule has 50 heavy (non-hydrogen) atoms. The van der Waals surface area contributed by atoms with Crippen LogP contribution >= 0.6 is 0 Å². The largest absolute Gasteiger partial charge is 0.394 e. The molecule has 2 N–H and O–H groups in total. The minimum absolute atomic E-state index is 0.0312. The highest BCUT2D eigenvalue weighted by Gasteiger charge is 1.97. The molecule has 0 heterocycles. The van der Waals surface area contributed by atoms with E-state index in [0.29, 0.717) is 92.5 Å². The number of rotatable bonds is 44. The molecule has 0 fully saturated rings. The molecule has 0 saturated carbocycles. The summed E-state index contributed by atoms with van der Waals surface area (Å²) >= 11 is 0. The van der Waals surface area contributed by atoms with Gasteiger partial charge in [0.2, 0.25) is 0 Å². The number of aliphatic hydroxyl groups excluding tert-OH is 2. The second kappa shape index (κ2) is 53.0. The van der Waals surface area contributed by atoms with Gasteiger partial charge in [0.15, 0.2) is 0 Å². The predicted octanol–water partition coefficient (Wildman–Crippen LogP) is 7.93. The maximum absolute atomic E-state index is 8.50. The Morgan fingerprint density at radius 3 is 0.620 bits per heavy atom. The van der Waals surface area contributed by atoms with Gasteiger partial charge in [-0.05, 0) is 12.8 Å². The Balaban J connectivity index is 0. The second-order valence-corrected chi connectivity index (χ2v) is 12.7. The molecule has 0 spiro atoms. The van der Waals surface area contributed by atoms with Crippen molar-refractivity contribution in [1.82, 2.24) is 0 Å². The molecule has 0 aromatic rings. The minimum Gasteiger partial charge on any atom is -0.394 e. The van der Waals surface area contributed by atoms with Gasteiger partial charge in [0.1, 0.15) is 0 Å². The first-order chi connectivity index (χ1) is 24.8. The number of aliphatic hydroxyl groups is 2. The molecule has 0 aliphatic rings. The summed E-state index contributed by atoms with van der Waals surface area (Å²) in [6, 6.07) is 0. The van der Waals surface area contributed by atoms with Crippen molar-refractivity contribution in [2.45, 2.75) is 142 Å². The molecule has 0 amide bonds. The van der Waals surface area contributed by atoms with Crippen LogP contribution in [-0.2, 0) is 37.9 Å². The number of ether oxygens (including phenoxy) is 8. The van der Waals surface area contributed by atoms with E-state index in [9.17, 15) is 0 Å². The van der Waals surface area contributed by atoms with Crippen molar-refractivity contribution in [1.29, 1.82) is 0 Å². The molecular formula is C40H84O10. The first-order valence-electron chi connectivity index (χ1n) is 20.7. The third-order valence-electron chi connectivity index (χ3n) is 7.99. The summed E-state index contributed by atoms with van der Waals surface area (Å²) in [5.41, 5.74) is 0. The summed E-state index contributed by atoms with van der Waals surface area (Å²) in [6.07, 6.45) is 28.2. The van der Waals surface area contributed by atoms with Gasteiger partial charge in [0.05, 0.1) is 106 Å². The molecule has 0 rings (SSSR count). The SMILES string of the molecule is CCCCCCCCCCCCOCCCCCCCCCCCC.OCCOCCOCCOCCOCCOCCOCCOCCO. The van der Waals surface area contributed by atoms with Crippen molar-refractivity contribution >= 4 is 0 Å². The van der Waals surface area contributed by atoms with E-state index in [0.717, 1.165) is 13.2 Å². The summed E-state index contributed by atoms with van der Waals surface area (Å²) < 4.78 is 42.5. The van der Waals surface area contributed by atoms with E-state index in [2.05, 4.69) is 13.8 Å². The number of hydrogen-bond donors (Lipinski definition) is 2. The van der Waals surface area contributed by atoms with Crippen molar-refractivity contribution in [2.24, 2.45) is 0 Å². The van der Waals surface area contributed by atoms with Crippen molar-refractivity contribution < 1.29 is 48.1 Å².